The SMILES string of the molecule is CCCOc1ccccc1Oc1ccc(C(N)=S)cc1Br. The topological polar surface area (TPSA) is 44.5 Å². The Morgan fingerprint density at radius 1 is 1.14 bits per heavy atom. The minimum atomic E-state index is 0.355. The predicted octanol–water partition coefficient (Wildman–Crippen LogP) is 4.66. The van der Waals surface area contributed by atoms with E-state index in [0.717, 1.165) is 22.2 Å². The van der Waals surface area contributed by atoms with Gasteiger partial charge in [-0.2, -0.15) is 0 Å². The Morgan fingerprint density at radius 3 is 2.48 bits per heavy atom. The molecule has 2 aromatic carbocycles. The van der Waals surface area contributed by atoms with Crippen LogP contribution in [0.4, 0.5) is 0 Å². The molecule has 2 N–H and O–H groups in total. The lowest BCUT2D eigenvalue weighted by molar-refractivity contribution is 0.302. The van der Waals surface area contributed by atoms with Gasteiger partial charge in [-0.1, -0.05) is 31.3 Å². The van der Waals surface area contributed by atoms with E-state index in [-0.39, 0.29) is 0 Å². The van der Waals surface area contributed by atoms with Crippen LogP contribution in [0.1, 0.15) is 18.9 Å². The Kier molecular flexibility index (Phi) is 5.59. The van der Waals surface area contributed by atoms with Gasteiger partial charge in [-0.15, -0.1) is 0 Å². The van der Waals surface area contributed by atoms with Gasteiger partial charge in [0.05, 0.1) is 11.1 Å². The third-order valence-electron chi connectivity index (χ3n) is 2.75. The van der Waals surface area contributed by atoms with Crippen molar-refractivity contribution in [3.8, 4) is 17.2 Å². The van der Waals surface area contributed by atoms with Crippen LogP contribution in [-0.2, 0) is 0 Å². The van der Waals surface area contributed by atoms with E-state index in [1.807, 2.05) is 42.5 Å². The summed E-state index contributed by atoms with van der Waals surface area (Å²) in [4.78, 5) is 0.355. The average molecular weight is 366 g/mol. The molecule has 0 aliphatic rings. The molecule has 2 rings (SSSR count). The van der Waals surface area contributed by atoms with Crippen molar-refractivity contribution in [1.29, 1.82) is 0 Å². The summed E-state index contributed by atoms with van der Waals surface area (Å²) in [5.74, 6) is 2.09. The summed E-state index contributed by atoms with van der Waals surface area (Å²) in [7, 11) is 0. The Morgan fingerprint density at radius 2 is 1.86 bits per heavy atom. The maximum Gasteiger partial charge on any atom is 0.169 e. The molecule has 0 atom stereocenters. The monoisotopic (exact) mass is 365 g/mol. The summed E-state index contributed by atoms with van der Waals surface area (Å²) in [5.41, 5.74) is 6.41. The lowest BCUT2D eigenvalue weighted by Crippen LogP contribution is -2.09. The first-order chi connectivity index (χ1) is 10.1. The zero-order chi connectivity index (χ0) is 15.2. The lowest BCUT2D eigenvalue weighted by Gasteiger charge is -2.13. The minimum absolute atomic E-state index is 0.355. The Balaban J connectivity index is 2.24. The standard InChI is InChI=1S/C16H16BrNO2S/c1-2-9-19-14-5-3-4-6-15(14)20-13-8-7-11(16(18)21)10-12(13)17/h3-8,10H,2,9H2,1H3,(H2,18,21). The van der Waals surface area contributed by atoms with Gasteiger partial charge in [0.2, 0.25) is 0 Å². The molecule has 5 heteroatoms. The van der Waals surface area contributed by atoms with Crippen molar-refractivity contribution in [2.45, 2.75) is 13.3 Å². The second kappa shape index (κ2) is 7.43. The van der Waals surface area contributed by atoms with Crippen LogP contribution >= 0.6 is 28.1 Å². The van der Waals surface area contributed by atoms with E-state index in [1.165, 1.54) is 0 Å². The van der Waals surface area contributed by atoms with E-state index >= 15 is 0 Å². The first-order valence-electron chi connectivity index (χ1n) is 6.61. The third-order valence-corrected chi connectivity index (χ3v) is 3.60. The first kappa shape index (κ1) is 15.8. The molecule has 0 aliphatic carbocycles. The number of para-hydroxylation sites is 2. The molecule has 0 saturated carbocycles. The lowest BCUT2D eigenvalue weighted by atomic mass is 10.2. The highest BCUT2D eigenvalue weighted by Gasteiger charge is 2.09. The van der Waals surface area contributed by atoms with E-state index in [9.17, 15) is 0 Å². The minimum Gasteiger partial charge on any atom is -0.490 e. The molecule has 0 radical (unpaired) electrons. The van der Waals surface area contributed by atoms with Gasteiger partial charge < -0.3 is 15.2 Å². The maximum absolute atomic E-state index is 5.92. The molecule has 2 aromatic rings. The molecule has 0 aliphatic heterocycles. The highest BCUT2D eigenvalue weighted by molar-refractivity contribution is 9.10. The smallest absolute Gasteiger partial charge is 0.169 e. The van der Waals surface area contributed by atoms with Crippen LogP contribution in [0.3, 0.4) is 0 Å². The van der Waals surface area contributed by atoms with Gasteiger partial charge in [0.15, 0.2) is 11.5 Å². The second-order valence-electron chi connectivity index (χ2n) is 4.41. The Labute approximate surface area is 138 Å². The number of ether oxygens (including phenoxy) is 2. The van der Waals surface area contributed by atoms with Gasteiger partial charge in [-0.3, -0.25) is 0 Å². The van der Waals surface area contributed by atoms with Crippen LogP contribution in [0, 0.1) is 0 Å². The average Bonchev–Trinajstić information content (AvgIpc) is 2.48. The first-order valence-corrected chi connectivity index (χ1v) is 7.81. The number of hydrogen-bond acceptors (Lipinski definition) is 3. The molecular weight excluding hydrogens is 350 g/mol. The summed E-state index contributed by atoms with van der Waals surface area (Å²) in [6.07, 6.45) is 0.945. The van der Waals surface area contributed by atoms with Gasteiger partial charge in [0.1, 0.15) is 10.7 Å². The molecular formula is C16H16BrNO2S. The number of thiocarbonyl (C=S) groups is 1. The number of halogens is 1. The van der Waals surface area contributed by atoms with Crippen LogP contribution in [0.25, 0.3) is 0 Å². The fourth-order valence-electron chi connectivity index (χ4n) is 1.72. The Bertz CT molecular complexity index is 646. The predicted molar refractivity (Wildman–Crippen MR) is 92.3 cm³/mol. The van der Waals surface area contributed by atoms with Gasteiger partial charge in [-0.25, -0.2) is 0 Å². The molecule has 3 nitrogen and oxygen atoms in total. The van der Waals surface area contributed by atoms with Crippen LogP contribution < -0.4 is 15.2 Å². The number of nitrogens with two attached hydrogens (primary N) is 1. The van der Waals surface area contributed by atoms with E-state index in [4.69, 9.17) is 27.4 Å². The fraction of sp³-hybridized carbons (Fsp3) is 0.188. The highest BCUT2D eigenvalue weighted by Crippen LogP contribution is 2.35. The van der Waals surface area contributed by atoms with Crippen LogP contribution in [0.15, 0.2) is 46.9 Å². The molecule has 110 valence electrons. The molecule has 0 saturated heterocycles. The van der Waals surface area contributed by atoms with Crippen molar-refractivity contribution < 1.29 is 9.47 Å². The zero-order valence-corrected chi connectivity index (χ0v) is 14.0. The molecule has 0 aromatic heterocycles. The van der Waals surface area contributed by atoms with E-state index in [2.05, 4.69) is 22.9 Å². The van der Waals surface area contributed by atoms with E-state index in [0.29, 0.717) is 23.1 Å². The fourth-order valence-corrected chi connectivity index (χ4v) is 2.31. The molecule has 21 heavy (non-hydrogen) atoms. The molecule has 0 amide bonds. The van der Waals surface area contributed by atoms with E-state index in [1.54, 1.807) is 0 Å². The van der Waals surface area contributed by atoms with Gasteiger partial charge >= 0.3 is 0 Å². The maximum atomic E-state index is 5.92. The summed E-state index contributed by atoms with van der Waals surface area (Å²) >= 11 is 8.43. The van der Waals surface area contributed by atoms with Crippen LogP contribution in [0.2, 0.25) is 0 Å². The summed E-state index contributed by atoms with van der Waals surface area (Å²) in [6, 6.07) is 13.1. The summed E-state index contributed by atoms with van der Waals surface area (Å²) in [5, 5.41) is 0. The van der Waals surface area contributed by atoms with Crippen molar-refractivity contribution in [1.82, 2.24) is 0 Å². The van der Waals surface area contributed by atoms with Crippen molar-refractivity contribution in [3.05, 3.63) is 52.5 Å². The van der Waals surface area contributed by atoms with Crippen molar-refractivity contribution >= 4 is 33.1 Å². The molecule has 0 heterocycles. The van der Waals surface area contributed by atoms with Crippen molar-refractivity contribution in [2.24, 2.45) is 5.73 Å². The summed E-state index contributed by atoms with van der Waals surface area (Å²) < 4.78 is 12.4. The second-order valence-corrected chi connectivity index (χ2v) is 5.70. The van der Waals surface area contributed by atoms with Crippen molar-refractivity contribution in [2.75, 3.05) is 6.61 Å². The summed E-state index contributed by atoms with van der Waals surface area (Å²) in [6.45, 7) is 2.72. The van der Waals surface area contributed by atoms with Crippen LogP contribution in [0.5, 0.6) is 17.2 Å². The third kappa shape index (κ3) is 4.19. The quantitative estimate of drug-likeness (QED) is 0.755. The van der Waals surface area contributed by atoms with Crippen molar-refractivity contribution in [3.63, 3.8) is 0 Å². The molecule has 0 unspecified atom stereocenters. The van der Waals surface area contributed by atoms with Gasteiger partial charge in [0.25, 0.3) is 0 Å². The molecule has 0 fully saturated rings. The molecule has 0 bridgehead atoms. The van der Waals surface area contributed by atoms with Crippen LogP contribution in [-0.4, -0.2) is 11.6 Å². The number of benzene rings is 2. The van der Waals surface area contributed by atoms with Gasteiger partial charge in [-0.05, 0) is 52.7 Å². The normalized spacial score (nSPS) is 10.2. The highest BCUT2D eigenvalue weighted by atomic mass is 79.9. The number of hydrogen-bond donors (Lipinski definition) is 1. The number of rotatable bonds is 6. The Hall–Kier alpha value is -1.59. The van der Waals surface area contributed by atoms with E-state index < -0.39 is 0 Å². The molecule has 0 spiro atoms. The largest absolute Gasteiger partial charge is 0.490 e. The van der Waals surface area contributed by atoms with Gasteiger partial charge in [0, 0.05) is 5.56 Å². The zero-order valence-electron chi connectivity index (χ0n) is 11.6.